The van der Waals surface area contributed by atoms with Crippen LogP contribution in [0.25, 0.3) is 0 Å². The molecule has 0 saturated carbocycles. The van der Waals surface area contributed by atoms with E-state index in [9.17, 15) is 17.6 Å². The van der Waals surface area contributed by atoms with Crippen molar-refractivity contribution >= 4 is 49.3 Å². The maximum atomic E-state index is 13.6. The highest BCUT2D eigenvalue weighted by atomic mass is 79.9. The number of hydrogen-bond donors (Lipinski definition) is 0. The summed E-state index contributed by atoms with van der Waals surface area (Å²) in [4.78, 5) is 17.9. The van der Waals surface area contributed by atoms with Crippen LogP contribution in [-0.4, -0.2) is 42.9 Å². The number of anilines is 1. The number of aromatic nitrogens is 1. The van der Waals surface area contributed by atoms with Gasteiger partial charge in [-0.2, -0.15) is 4.31 Å². The number of benzene rings is 1. The second kappa shape index (κ2) is 8.41. The van der Waals surface area contributed by atoms with Crippen molar-refractivity contribution in [1.82, 2.24) is 9.29 Å². The van der Waals surface area contributed by atoms with E-state index in [2.05, 4.69) is 20.9 Å². The molecule has 0 unspecified atom stereocenters. The third kappa shape index (κ3) is 3.81. The van der Waals surface area contributed by atoms with Gasteiger partial charge >= 0.3 is 6.09 Å². The Morgan fingerprint density at radius 1 is 1.30 bits per heavy atom. The standard InChI is InChI=1S/C19H18BrClFN3O4S/c20-16-8-15(10-23-18(16)21)30(27,28)24-6-4-14(5-7-24)25-17-12(9-22)2-1-3-13(17)11-29-19(25)26/h1-3,8,10,14H,4-7,9,11H2. The van der Waals surface area contributed by atoms with Crippen molar-refractivity contribution in [2.75, 3.05) is 18.0 Å². The first-order valence-electron chi connectivity index (χ1n) is 9.27. The Kier molecular flexibility index (Phi) is 6.02. The van der Waals surface area contributed by atoms with Crippen molar-refractivity contribution < 1.29 is 22.3 Å². The number of amides is 1. The van der Waals surface area contributed by atoms with Gasteiger partial charge in [0.2, 0.25) is 10.0 Å². The zero-order chi connectivity index (χ0) is 21.5. The summed E-state index contributed by atoms with van der Waals surface area (Å²) in [6.07, 6.45) is 1.49. The van der Waals surface area contributed by atoms with Crippen LogP contribution in [0.4, 0.5) is 14.9 Å². The lowest BCUT2D eigenvalue weighted by Crippen LogP contribution is -2.50. The summed E-state index contributed by atoms with van der Waals surface area (Å²) in [5.41, 5.74) is 1.72. The van der Waals surface area contributed by atoms with Gasteiger partial charge < -0.3 is 4.74 Å². The van der Waals surface area contributed by atoms with Crippen LogP contribution in [0.5, 0.6) is 0 Å². The lowest BCUT2D eigenvalue weighted by molar-refractivity contribution is 0.135. The second-order valence-corrected chi connectivity index (χ2v) is 10.2. The number of alkyl halides is 1. The minimum absolute atomic E-state index is 0.0414. The van der Waals surface area contributed by atoms with Gasteiger partial charge in [-0.25, -0.2) is 22.6 Å². The summed E-state index contributed by atoms with van der Waals surface area (Å²) in [5, 5.41) is 0.179. The van der Waals surface area contributed by atoms with E-state index in [1.165, 1.54) is 21.5 Å². The Bertz CT molecular complexity index is 1080. The van der Waals surface area contributed by atoms with E-state index in [-0.39, 0.29) is 35.8 Å². The van der Waals surface area contributed by atoms with Crippen molar-refractivity contribution in [3.63, 3.8) is 0 Å². The number of carbonyl (C=O) groups excluding carboxylic acids is 1. The Labute approximate surface area is 187 Å². The Hall–Kier alpha value is -1.75. The van der Waals surface area contributed by atoms with Crippen molar-refractivity contribution in [3.8, 4) is 0 Å². The van der Waals surface area contributed by atoms with Crippen molar-refractivity contribution in [3.05, 3.63) is 51.2 Å². The predicted molar refractivity (Wildman–Crippen MR) is 113 cm³/mol. The summed E-state index contributed by atoms with van der Waals surface area (Å²) >= 11 is 9.05. The lowest BCUT2D eigenvalue weighted by atomic mass is 9.99. The molecule has 0 aliphatic carbocycles. The van der Waals surface area contributed by atoms with E-state index in [4.69, 9.17) is 16.3 Å². The molecule has 2 aliphatic rings. The molecule has 0 bridgehead atoms. The first kappa shape index (κ1) is 21.5. The molecule has 7 nitrogen and oxygen atoms in total. The summed E-state index contributed by atoms with van der Waals surface area (Å²) in [6.45, 7) is -0.170. The highest BCUT2D eigenvalue weighted by molar-refractivity contribution is 9.10. The molecule has 2 aromatic rings. The van der Waals surface area contributed by atoms with Gasteiger partial charge in [0, 0.05) is 36.5 Å². The number of nitrogens with zero attached hydrogens (tertiary/aromatic N) is 3. The van der Waals surface area contributed by atoms with Crippen molar-refractivity contribution in [1.29, 1.82) is 0 Å². The minimum atomic E-state index is -3.75. The van der Waals surface area contributed by atoms with Crippen LogP contribution in [0.2, 0.25) is 5.15 Å². The normalized spacial score (nSPS) is 18.2. The van der Waals surface area contributed by atoms with Crippen LogP contribution in [0.3, 0.4) is 0 Å². The first-order valence-corrected chi connectivity index (χ1v) is 11.9. The average Bonchev–Trinajstić information content (AvgIpc) is 2.75. The average molecular weight is 519 g/mol. The SMILES string of the molecule is O=C1OCc2cccc(CF)c2N1C1CCN(S(=O)(=O)c2cnc(Cl)c(Br)c2)CC1. The summed E-state index contributed by atoms with van der Waals surface area (Å²) in [5.74, 6) is 0. The largest absolute Gasteiger partial charge is 0.444 e. The van der Waals surface area contributed by atoms with E-state index in [0.29, 0.717) is 28.6 Å². The van der Waals surface area contributed by atoms with E-state index < -0.39 is 22.8 Å². The number of halogens is 3. The van der Waals surface area contributed by atoms with E-state index in [0.717, 1.165) is 5.56 Å². The second-order valence-electron chi connectivity index (χ2n) is 7.06. The highest BCUT2D eigenvalue weighted by Gasteiger charge is 2.38. The number of sulfonamides is 1. The monoisotopic (exact) mass is 517 g/mol. The maximum absolute atomic E-state index is 13.6. The number of rotatable bonds is 4. The van der Waals surface area contributed by atoms with Crippen LogP contribution >= 0.6 is 27.5 Å². The summed E-state index contributed by atoms with van der Waals surface area (Å²) < 4.78 is 46.5. The molecule has 1 fully saturated rings. The van der Waals surface area contributed by atoms with Gasteiger partial charge in [-0.05, 0) is 34.8 Å². The molecular weight excluding hydrogens is 501 g/mol. The smallest absolute Gasteiger partial charge is 0.414 e. The molecule has 1 aromatic carbocycles. The summed E-state index contributed by atoms with van der Waals surface area (Å²) in [6, 6.07) is 6.32. The number of carbonyl (C=O) groups is 1. The van der Waals surface area contributed by atoms with Crippen LogP contribution in [0, 0.1) is 0 Å². The topological polar surface area (TPSA) is 79.8 Å². The fourth-order valence-electron chi connectivity index (χ4n) is 3.84. The van der Waals surface area contributed by atoms with Gasteiger partial charge in [0.1, 0.15) is 23.3 Å². The Morgan fingerprint density at radius 3 is 2.70 bits per heavy atom. The van der Waals surface area contributed by atoms with Crippen LogP contribution in [0.15, 0.2) is 39.8 Å². The van der Waals surface area contributed by atoms with Gasteiger partial charge in [-0.15, -0.1) is 0 Å². The van der Waals surface area contributed by atoms with Crippen LogP contribution in [-0.2, 0) is 28.0 Å². The van der Waals surface area contributed by atoms with Gasteiger partial charge in [0.15, 0.2) is 0 Å². The maximum Gasteiger partial charge on any atom is 0.414 e. The Morgan fingerprint density at radius 2 is 2.03 bits per heavy atom. The summed E-state index contributed by atoms with van der Waals surface area (Å²) in [7, 11) is -3.75. The van der Waals surface area contributed by atoms with Gasteiger partial charge in [-0.3, -0.25) is 4.90 Å². The predicted octanol–water partition coefficient (Wildman–Crippen LogP) is 4.28. The van der Waals surface area contributed by atoms with Crippen molar-refractivity contribution in [2.45, 2.75) is 37.1 Å². The molecule has 1 saturated heterocycles. The fraction of sp³-hybridized carbons (Fsp3) is 0.368. The molecule has 0 radical (unpaired) electrons. The first-order chi connectivity index (χ1) is 14.3. The number of para-hydroxylation sites is 1. The molecule has 1 amide bonds. The van der Waals surface area contributed by atoms with Crippen molar-refractivity contribution in [2.24, 2.45) is 0 Å². The molecule has 4 rings (SSSR count). The van der Waals surface area contributed by atoms with E-state index in [1.54, 1.807) is 18.2 Å². The number of piperidine rings is 1. The molecule has 3 heterocycles. The molecule has 2 aliphatic heterocycles. The highest BCUT2D eigenvalue weighted by Crippen LogP contribution is 2.36. The lowest BCUT2D eigenvalue weighted by Gasteiger charge is -2.40. The Balaban J connectivity index is 1.55. The molecule has 30 heavy (non-hydrogen) atoms. The molecule has 11 heteroatoms. The van der Waals surface area contributed by atoms with Gasteiger partial charge in [-0.1, -0.05) is 29.8 Å². The molecule has 0 atom stereocenters. The number of hydrogen-bond acceptors (Lipinski definition) is 5. The molecule has 160 valence electrons. The number of pyridine rings is 1. The van der Waals surface area contributed by atoms with Crippen LogP contribution in [0.1, 0.15) is 24.0 Å². The quantitative estimate of drug-likeness (QED) is 0.565. The van der Waals surface area contributed by atoms with Gasteiger partial charge in [0.05, 0.1) is 10.2 Å². The third-order valence-electron chi connectivity index (χ3n) is 5.33. The van der Waals surface area contributed by atoms with E-state index >= 15 is 0 Å². The zero-order valence-corrected chi connectivity index (χ0v) is 18.9. The van der Waals surface area contributed by atoms with Gasteiger partial charge in [0.25, 0.3) is 0 Å². The zero-order valence-electron chi connectivity index (χ0n) is 15.7. The van der Waals surface area contributed by atoms with E-state index in [1.807, 2.05) is 0 Å². The number of ether oxygens (including phenoxy) is 1. The fourth-order valence-corrected chi connectivity index (χ4v) is 5.89. The molecule has 0 N–H and O–H groups in total. The number of cyclic esters (lactones) is 1. The number of fused-ring (bicyclic) bond motifs is 1. The van der Waals surface area contributed by atoms with Crippen LogP contribution < -0.4 is 4.90 Å². The molecule has 1 aromatic heterocycles. The minimum Gasteiger partial charge on any atom is -0.444 e. The molecular formula is C19H18BrClFN3O4S. The third-order valence-corrected chi connectivity index (χ3v) is 8.33. The molecule has 0 spiro atoms.